The van der Waals surface area contributed by atoms with Crippen molar-refractivity contribution in [2.24, 2.45) is 0 Å². The summed E-state index contributed by atoms with van der Waals surface area (Å²) < 4.78 is 44.6. The topological polar surface area (TPSA) is 25.2 Å². The third-order valence-electron chi connectivity index (χ3n) is 3.20. The van der Waals surface area contributed by atoms with Gasteiger partial charge in [0, 0.05) is 5.56 Å². The maximum atomic E-state index is 13.1. The zero-order valence-electron chi connectivity index (χ0n) is 11.3. The Kier molecular flexibility index (Phi) is 4.18. The van der Waals surface area contributed by atoms with Crippen molar-refractivity contribution in [3.63, 3.8) is 0 Å². The highest BCUT2D eigenvalue weighted by atomic mass is 19.4. The molecule has 0 fully saturated rings. The predicted octanol–water partition coefficient (Wildman–Crippen LogP) is 4.31. The lowest BCUT2D eigenvalue weighted by atomic mass is 9.94. The molecule has 1 unspecified atom stereocenters. The zero-order chi connectivity index (χ0) is 14.8. The van der Waals surface area contributed by atoms with Gasteiger partial charge in [-0.25, -0.2) is 0 Å². The Morgan fingerprint density at radius 3 is 2.40 bits per heavy atom. The fourth-order valence-corrected chi connectivity index (χ4v) is 2.29. The summed E-state index contributed by atoms with van der Waals surface area (Å²) in [5.74, 6) is 0.618. The van der Waals surface area contributed by atoms with Crippen LogP contribution in [0.1, 0.15) is 35.4 Å². The number of rotatable bonds is 4. The quantitative estimate of drug-likeness (QED) is 0.904. The molecule has 2 nitrogen and oxygen atoms in total. The van der Waals surface area contributed by atoms with E-state index in [1.165, 1.54) is 18.4 Å². The molecule has 2 aromatic rings. The highest BCUT2D eigenvalue weighted by molar-refractivity contribution is 5.39. The van der Waals surface area contributed by atoms with Crippen molar-refractivity contribution in [2.45, 2.75) is 26.1 Å². The average molecular weight is 283 g/mol. The first-order valence-electron chi connectivity index (χ1n) is 6.38. The lowest BCUT2D eigenvalue weighted by Gasteiger charge is -2.22. The number of hydrogen-bond donors (Lipinski definition) is 1. The largest absolute Gasteiger partial charge is 0.469 e. The van der Waals surface area contributed by atoms with E-state index in [2.05, 4.69) is 5.32 Å². The van der Waals surface area contributed by atoms with Gasteiger partial charge in [-0.15, -0.1) is 0 Å². The molecule has 1 aromatic carbocycles. The number of halogens is 3. The van der Waals surface area contributed by atoms with Gasteiger partial charge in [0.15, 0.2) is 0 Å². The molecule has 0 aliphatic rings. The highest BCUT2D eigenvalue weighted by Gasteiger charge is 2.35. The molecule has 1 N–H and O–H groups in total. The summed E-state index contributed by atoms with van der Waals surface area (Å²) in [6, 6.07) is 6.80. The Morgan fingerprint density at radius 1 is 1.15 bits per heavy atom. The lowest BCUT2D eigenvalue weighted by molar-refractivity contribution is -0.138. The second-order valence-corrected chi connectivity index (χ2v) is 4.51. The number of hydrogen-bond acceptors (Lipinski definition) is 2. The number of nitrogens with one attached hydrogen (secondary N) is 1. The van der Waals surface area contributed by atoms with Crippen LogP contribution in [-0.4, -0.2) is 6.54 Å². The first-order chi connectivity index (χ1) is 9.45. The number of furan rings is 1. The Balaban J connectivity index is 2.54. The van der Waals surface area contributed by atoms with E-state index in [0.29, 0.717) is 12.3 Å². The van der Waals surface area contributed by atoms with Crippen molar-refractivity contribution in [2.75, 3.05) is 6.54 Å². The van der Waals surface area contributed by atoms with E-state index in [1.807, 2.05) is 6.92 Å². The molecular formula is C15H16F3NO. The van der Waals surface area contributed by atoms with Gasteiger partial charge in [-0.05, 0) is 31.2 Å². The van der Waals surface area contributed by atoms with Crippen LogP contribution in [0, 0.1) is 6.92 Å². The molecule has 0 saturated heterocycles. The van der Waals surface area contributed by atoms with Crippen LogP contribution in [0.25, 0.3) is 0 Å². The summed E-state index contributed by atoms with van der Waals surface area (Å²) in [7, 11) is 0. The average Bonchev–Trinajstić information content (AvgIpc) is 2.81. The number of alkyl halides is 3. The second kappa shape index (κ2) is 5.71. The first kappa shape index (κ1) is 14.7. The summed E-state index contributed by atoms with van der Waals surface area (Å²) in [4.78, 5) is 0. The minimum absolute atomic E-state index is 0.214. The Morgan fingerprint density at radius 2 is 1.85 bits per heavy atom. The SMILES string of the molecule is CCNC(c1ccccc1C(F)(F)F)c1ccoc1C. The van der Waals surface area contributed by atoms with Gasteiger partial charge in [0.1, 0.15) is 5.76 Å². The van der Waals surface area contributed by atoms with Crippen LogP contribution in [0.15, 0.2) is 41.0 Å². The predicted molar refractivity (Wildman–Crippen MR) is 70.4 cm³/mol. The van der Waals surface area contributed by atoms with Gasteiger partial charge in [0.05, 0.1) is 17.9 Å². The van der Waals surface area contributed by atoms with E-state index in [4.69, 9.17) is 4.42 Å². The smallest absolute Gasteiger partial charge is 0.416 e. The Hall–Kier alpha value is -1.75. The van der Waals surface area contributed by atoms with Crippen molar-refractivity contribution >= 4 is 0 Å². The number of aryl methyl sites for hydroxylation is 1. The second-order valence-electron chi connectivity index (χ2n) is 4.51. The summed E-state index contributed by atoms with van der Waals surface area (Å²) in [6.07, 6.45) is -2.88. The van der Waals surface area contributed by atoms with Gasteiger partial charge in [0.2, 0.25) is 0 Å². The molecule has 0 aliphatic carbocycles. The fraction of sp³-hybridized carbons (Fsp3) is 0.333. The van der Waals surface area contributed by atoms with E-state index in [0.717, 1.165) is 11.6 Å². The van der Waals surface area contributed by atoms with E-state index < -0.39 is 17.8 Å². The summed E-state index contributed by atoms with van der Waals surface area (Å²) in [5.41, 5.74) is 0.321. The third kappa shape index (κ3) is 2.88. The van der Waals surface area contributed by atoms with Gasteiger partial charge in [0.25, 0.3) is 0 Å². The molecule has 0 spiro atoms. The van der Waals surface area contributed by atoms with E-state index >= 15 is 0 Å². The standard InChI is InChI=1S/C15H16F3NO/c1-3-19-14(11-8-9-20-10(11)2)12-6-4-5-7-13(12)15(16,17)18/h4-9,14,19H,3H2,1-2H3. The molecular weight excluding hydrogens is 267 g/mol. The highest BCUT2D eigenvalue weighted by Crippen LogP contribution is 2.37. The van der Waals surface area contributed by atoms with Crippen LogP contribution >= 0.6 is 0 Å². The minimum atomic E-state index is -4.37. The van der Waals surface area contributed by atoms with Crippen LogP contribution in [-0.2, 0) is 6.18 Å². The Labute approximate surface area is 115 Å². The molecule has 1 atom stereocenters. The molecule has 0 amide bonds. The minimum Gasteiger partial charge on any atom is -0.469 e. The van der Waals surface area contributed by atoms with Gasteiger partial charge < -0.3 is 9.73 Å². The monoisotopic (exact) mass is 283 g/mol. The van der Waals surface area contributed by atoms with Crippen LogP contribution < -0.4 is 5.32 Å². The molecule has 1 heterocycles. The van der Waals surface area contributed by atoms with Gasteiger partial charge in [-0.2, -0.15) is 13.2 Å². The number of benzene rings is 1. The Bertz CT molecular complexity index is 574. The van der Waals surface area contributed by atoms with Crippen molar-refractivity contribution in [3.05, 3.63) is 59.0 Å². The third-order valence-corrected chi connectivity index (χ3v) is 3.20. The normalized spacial score (nSPS) is 13.4. The first-order valence-corrected chi connectivity index (χ1v) is 6.38. The molecule has 1 aromatic heterocycles. The molecule has 0 radical (unpaired) electrons. The van der Waals surface area contributed by atoms with Crippen molar-refractivity contribution in [3.8, 4) is 0 Å². The van der Waals surface area contributed by atoms with Crippen molar-refractivity contribution in [1.82, 2.24) is 5.32 Å². The van der Waals surface area contributed by atoms with E-state index in [9.17, 15) is 13.2 Å². The lowest BCUT2D eigenvalue weighted by Crippen LogP contribution is -2.25. The maximum Gasteiger partial charge on any atom is 0.416 e. The van der Waals surface area contributed by atoms with Gasteiger partial charge in [-0.1, -0.05) is 25.1 Å². The van der Waals surface area contributed by atoms with Gasteiger partial charge >= 0.3 is 6.18 Å². The fourth-order valence-electron chi connectivity index (χ4n) is 2.29. The summed E-state index contributed by atoms with van der Waals surface area (Å²) in [5, 5.41) is 3.09. The van der Waals surface area contributed by atoms with Crippen LogP contribution in [0.3, 0.4) is 0 Å². The molecule has 0 bridgehead atoms. The van der Waals surface area contributed by atoms with Crippen LogP contribution in [0.2, 0.25) is 0 Å². The van der Waals surface area contributed by atoms with Crippen LogP contribution in [0.5, 0.6) is 0 Å². The summed E-state index contributed by atoms with van der Waals surface area (Å²) in [6.45, 7) is 4.16. The summed E-state index contributed by atoms with van der Waals surface area (Å²) >= 11 is 0. The van der Waals surface area contributed by atoms with Crippen molar-refractivity contribution < 1.29 is 17.6 Å². The van der Waals surface area contributed by atoms with Gasteiger partial charge in [-0.3, -0.25) is 0 Å². The van der Waals surface area contributed by atoms with E-state index in [-0.39, 0.29) is 5.56 Å². The zero-order valence-corrected chi connectivity index (χ0v) is 11.3. The molecule has 0 aliphatic heterocycles. The van der Waals surface area contributed by atoms with E-state index in [1.54, 1.807) is 19.1 Å². The molecule has 108 valence electrons. The van der Waals surface area contributed by atoms with Crippen molar-refractivity contribution in [1.29, 1.82) is 0 Å². The maximum absolute atomic E-state index is 13.1. The van der Waals surface area contributed by atoms with Crippen LogP contribution in [0.4, 0.5) is 13.2 Å². The molecule has 0 saturated carbocycles. The molecule has 20 heavy (non-hydrogen) atoms. The molecule has 2 rings (SSSR count). The molecule has 5 heteroatoms.